The van der Waals surface area contributed by atoms with Gasteiger partial charge in [-0.1, -0.05) is 52.9 Å². The number of unbranched alkanes of at least 4 members (excludes halogenated alkanes) is 1. The molecule has 0 radical (unpaired) electrons. The fourth-order valence-corrected chi connectivity index (χ4v) is 5.12. The summed E-state index contributed by atoms with van der Waals surface area (Å²) in [6, 6.07) is 0. The van der Waals surface area contributed by atoms with E-state index in [1.165, 1.54) is 57.8 Å². The minimum absolute atomic E-state index is 0.530. The highest BCUT2D eigenvalue weighted by molar-refractivity contribution is 4.89. The zero-order valence-electron chi connectivity index (χ0n) is 14.9. The van der Waals surface area contributed by atoms with Crippen molar-refractivity contribution in [3.05, 3.63) is 0 Å². The van der Waals surface area contributed by atoms with Crippen LogP contribution in [-0.2, 0) is 4.74 Å². The van der Waals surface area contributed by atoms with Crippen LogP contribution in [0, 0.1) is 29.6 Å². The zero-order chi connectivity index (χ0) is 15.2. The highest BCUT2D eigenvalue weighted by Crippen LogP contribution is 2.46. The van der Waals surface area contributed by atoms with Gasteiger partial charge in [0.1, 0.15) is 0 Å². The van der Waals surface area contributed by atoms with Crippen molar-refractivity contribution in [2.24, 2.45) is 29.6 Å². The standard InChI is InChI=1S/C20H38O/c1-5-7-8-17-9-11-18(12-10-17)19-13-14-20(21-6-2)16(4)15(19)3/h15-20H,5-14H2,1-4H3. The van der Waals surface area contributed by atoms with Crippen LogP contribution >= 0.6 is 0 Å². The number of hydrogen-bond acceptors (Lipinski definition) is 1. The molecule has 0 aliphatic heterocycles. The molecular weight excluding hydrogens is 256 g/mol. The van der Waals surface area contributed by atoms with Crippen molar-refractivity contribution in [2.75, 3.05) is 6.61 Å². The molecule has 2 saturated carbocycles. The van der Waals surface area contributed by atoms with Crippen LogP contribution < -0.4 is 0 Å². The van der Waals surface area contributed by atoms with Gasteiger partial charge in [-0.3, -0.25) is 0 Å². The number of ether oxygens (including phenoxy) is 1. The van der Waals surface area contributed by atoms with E-state index < -0.39 is 0 Å². The number of hydrogen-bond donors (Lipinski definition) is 0. The Labute approximate surface area is 133 Å². The van der Waals surface area contributed by atoms with Gasteiger partial charge in [0.15, 0.2) is 0 Å². The molecule has 21 heavy (non-hydrogen) atoms. The van der Waals surface area contributed by atoms with Crippen molar-refractivity contribution in [1.29, 1.82) is 0 Å². The minimum Gasteiger partial charge on any atom is -0.378 e. The van der Waals surface area contributed by atoms with Crippen molar-refractivity contribution in [1.82, 2.24) is 0 Å². The van der Waals surface area contributed by atoms with E-state index in [9.17, 15) is 0 Å². The van der Waals surface area contributed by atoms with E-state index in [1.54, 1.807) is 0 Å². The molecule has 2 aliphatic rings. The lowest BCUT2D eigenvalue weighted by Gasteiger charge is -2.45. The van der Waals surface area contributed by atoms with Crippen molar-refractivity contribution in [3.63, 3.8) is 0 Å². The second-order valence-corrected chi connectivity index (χ2v) is 7.88. The van der Waals surface area contributed by atoms with Gasteiger partial charge in [-0.05, 0) is 62.2 Å². The molecule has 0 bridgehead atoms. The van der Waals surface area contributed by atoms with Crippen LogP contribution in [0.4, 0.5) is 0 Å². The molecule has 0 amide bonds. The van der Waals surface area contributed by atoms with Crippen LogP contribution in [0.5, 0.6) is 0 Å². The molecule has 2 rings (SSSR count). The molecule has 124 valence electrons. The highest BCUT2D eigenvalue weighted by Gasteiger charge is 2.39. The predicted molar refractivity (Wildman–Crippen MR) is 91.4 cm³/mol. The van der Waals surface area contributed by atoms with Crippen molar-refractivity contribution in [2.45, 2.75) is 91.6 Å². The molecule has 1 heteroatoms. The molecular formula is C20H38O. The molecule has 0 heterocycles. The third kappa shape index (κ3) is 4.47. The van der Waals surface area contributed by atoms with Crippen LogP contribution in [0.25, 0.3) is 0 Å². The van der Waals surface area contributed by atoms with Gasteiger partial charge >= 0.3 is 0 Å². The predicted octanol–water partition coefficient (Wildman–Crippen LogP) is 6.07. The average molecular weight is 295 g/mol. The van der Waals surface area contributed by atoms with E-state index in [1.807, 2.05) is 0 Å². The van der Waals surface area contributed by atoms with Gasteiger partial charge in [0.05, 0.1) is 6.10 Å². The molecule has 4 atom stereocenters. The maximum Gasteiger partial charge on any atom is 0.0603 e. The van der Waals surface area contributed by atoms with E-state index >= 15 is 0 Å². The summed E-state index contributed by atoms with van der Waals surface area (Å²) in [7, 11) is 0. The van der Waals surface area contributed by atoms with Gasteiger partial charge in [0, 0.05) is 6.61 Å². The van der Waals surface area contributed by atoms with Crippen LogP contribution in [0.2, 0.25) is 0 Å². The topological polar surface area (TPSA) is 9.23 Å². The van der Waals surface area contributed by atoms with E-state index in [4.69, 9.17) is 4.74 Å². The lowest BCUT2D eigenvalue weighted by atomic mass is 9.63. The minimum atomic E-state index is 0.530. The normalized spacial score (nSPS) is 41.1. The Hall–Kier alpha value is -0.0400. The fourth-order valence-electron chi connectivity index (χ4n) is 5.12. The highest BCUT2D eigenvalue weighted by atomic mass is 16.5. The maximum absolute atomic E-state index is 5.96. The molecule has 4 unspecified atom stereocenters. The third-order valence-electron chi connectivity index (χ3n) is 6.72. The van der Waals surface area contributed by atoms with Gasteiger partial charge in [0.25, 0.3) is 0 Å². The number of rotatable bonds is 6. The average Bonchev–Trinajstić information content (AvgIpc) is 2.51. The largest absolute Gasteiger partial charge is 0.378 e. The lowest BCUT2D eigenvalue weighted by molar-refractivity contribution is -0.0511. The van der Waals surface area contributed by atoms with Crippen LogP contribution in [0.3, 0.4) is 0 Å². The van der Waals surface area contributed by atoms with E-state index in [2.05, 4.69) is 27.7 Å². The first kappa shape index (κ1) is 17.3. The molecule has 1 nitrogen and oxygen atoms in total. The maximum atomic E-state index is 5.96. The van der Waals surface area contributed by atoms with Crippen molar-refractivity contribution >= 4 is 0 Å². The summed E-state index contributed by atoms with van der Waals surface area (Å²) < 4.78 is 5.96. The first-order valence-electron chi connectivity index (χ1n) is 9.78. The quantitative estimate of drug-likeness (QED) is 0.577. The Bertz CT molecular complexity index is 280. The fraction of sp³-hybridized carbons (Fsp3) is 1.00. The first-order valence-corrected chi connectivity index (χ1v) is 9.78. The Morgan fingerprint density at radius 2 is 1.57 bits per heavy atom. The summed E-state index contributed by atoms with van der Waals surface area (Å²) in [5.41, 5.74) is 0. The van der Waals surface area contributed by atoms with E-state index in [0.717, 1.165) is 36.2 Å². The Morgan fingerprint density at radius 1 is 0.857 bits per heavy atom. The molecule has 0 N–H and O–H groups in total. The summed E-state index contributed by atoms with van der Waals surface area (Å²) in [5, 5.41) is 0. The Balaban J connectivity index is 1.81. The van der Waals surface area contributed by atoms with Crippen LogP contribution in [0.1, 0.15) is 85.5 Å². The smallest absolute Gasteiger partial charge is 0.0603 e. The van der Waals surface area contributed by atoms with Crippen molar-refractivity contribution < 1.29 is 4.74 Å². The van der Waals surface area contributed by atoms with Crippen LogP contribution in [-0.4, -0.2) is 12.7 Å². The van der Waals surface area contributed by atoms with E-state index in [-0.39, 0.29) is 0 Å². The molecule has 0 aromatic carbocycles. The Morgan fingerprint density at radius 3 is 2.19 bits per heavy atom. The second kappa shape index (κ2) is 8.56. The molecule has 0 saturated heterocycles. The third-order valence-corrected chi connectivity index (χ3v) is 6.72. The summed E-state index contributed by atoms with van der Waals surface area (Å²) >= 11 is 0. The Kier molecular flexibility index (Phi) is 7.05. The molecule has 0 aromatic heterocycles. The molecule has 2 aliphatic carbocycles. The zero-order valence-corrected chi connectivity index (χ0v) is 14.9. The molecule has 0 spiro atoms. The van der Waals surface area contributed by atoms with Gasteiger partial charge < -0.3 is 4.74 Å². The van der Waals surface area contributed by atoms with Crippen LogP contribution in [0.15, 0.2) is 0 Å². The summed E-state index contributed by atoms with van der Waals surface area (Å²) in [5.74, 6) is 4.65. The van der Waals surface area contributed by atoms with Gasteiger partial charge in [-0.2, -0.15) is 0 Å². The summed E-state index contributed by atoms with van der Waals surface area (Å²) in [6.07, 6.45) is 13.6. The van der Waals surface area contributed by atoms with Gasteiger partial charge in [-0.15, -0.1) is 0 Å². The SMILES string of the molecule is CCCCC1CCC(C2CCC(OCC)C(C)C2C)CC1. The second-order valence-electron chi connectivity index (χ2n) is 7.88. The van der Waals surface area contributed by atoms with Crippen molar-refractivity contribution in [3.8, 4) is 0 Å². The lowest BCUT2D eigenvalue weighted by Crippen LogP contribution is -2.40. The van der Waals surface area contributed by atoms with Gasteiger partial charge in [0.2, 0.25) is 0 Å². The first-order chi connectivity index (χ1) is 10.2. The van der Waals surface area contributed by atoms with E-state index in [0.29, 0.717) is 6.10 Å². The summed E-state index contributed by atoms with van der Waals surface area (Å²) in [4.78, 5) is 0. The summed E-state index contributed by atoms with van der Waals surface area (Å²) in [6.45, 7) is 10.3. The van der Waals surface area contributed by atoms with Gasteiger partial charge in [-0.25, -0.2) is 0 Å². The monoisotopic (exact) mass is 294 g/mol. The molecule has 2 fully saturated rings. The molecule has 0 aromatic rings.